The van der Waals surface area contributed by atoms with Crippen molar-refractivity contribution in [3.05, 3.63) is 34.9 Å². The smallest absolute Gasteiger partial charge is 0.0531 e. The highest BCUT2D eigenvalue weighted by Gasteiger charge is 2.26. The molecule has 1 atom stereocenters. The minimum atomic E-state index is 0.577. The first kappa shape index (κ1) is 7.44. The Kier molecular flexibility index (Phi) is 1.59. The third kappa shape index (κ3) is 1.07. The van der Waals surface area contributed by atoms with Crippen molar-refractivity contribution in [3.63, 3.8) is 0 Å². The van der Waals surface area contributed by atoms with Crippen molar-refractivity contribution in [2.45, 2.75) is 6.42 Å². The second-order valence-corrected chi connectivity index (χ2v) is 4.08. The lowest BCUT2D eigenvalue weighted by Gasteiger charge is -2.21. The van der Waals surface area contributed by atoms with Gasteiger partial charge in [-0.05, 0) is 35.9 Å². The Morgan fingerprint density at radius 3 is 3.46 bits per heavy atom. The molecule has 1 N–H and O–H groups in total. The molecule has 0 radical (unpaired) electrons. The molecule has 13 heavy (non-hydrogen) atoms. The van der Waals surface area contributed by atoms with Crippen molar-refractivity contribution in [3.8, 4) is 0 Å². The number of nitrogens with zero attached hydrogens (tertiary/aromatic N) is 1. The monoisotopic (exact) mass is 190 g/mol. The van der Waals surface area contributed by atoms with Crippen LogP contribution in [0.2, 0.25) is 0 Å². The highest BCUT2D eigenvalue weighted by atomic mass is 32.2. The summed E-state index contributed by atoms with van der Waals surface area (Å²) >= 11 is 1.62. The van der Waals surface area contributed by atoms with E-state index >= 15 is 0 Å². The Morgan fingerprint density at radius 2 is 2.46 bits per heavy atom. The van der Waals surface area contributed by atoms with Gasteiger partial charge in [0, 0.05) is 18.0 Å². The molecule has 3 rings (SSSR count). The van der Waals surface area contributed by atoms with Gasteiger partial charge in [0.15, 0.2) is 0 Å². The Bertz CT molecular complexity index is 363. The first-order valence-electron chi connectivity index (χ1n) is 4.50. The van der Waals surface area contributed by atoms with E-state index in [0.29, 0.717) is 5.92 Å². The third-order valence-corrected chi connectivity index (χ3v) is 3.22. The summed E-state index contributed by atoms with van der Waals surface area (Å²) in [5.41, 5.74) is 3.79. The molecule has 1 unspecified atom stereocenters. The van der Waals surface area contributed by atoms with Crippen molar-refractivity contribution < 1.29 is 0 Å². The van der Waals surface area contributed by atoms with Gasteiger partial charge in [0.05, 0.1) is 11.4 Å². The number of fused-ring (bicyclic) bond motifs is 2. The molecule has 2 aliphatic heterocycles. The predicted molar refractivity (Wildman–Crippen MR) is 56.4 cm³/mol. The third-order valence-electron chi connectivity index (χ3n) is 2.61. The van der Waals surface area contributed by atoms with Crippen LogP contribution >= 0.6 is 11.9 Å². The molecular formula is C10H10N2S. The summed E-state index contributed by atoms with van der Waals surface area (Å²) in [5, 5.41) is 2.08. The second kappa shape index (κ2) is 2.77. The Labute approximate surface area is 81.6 Å². The van der Waals surface area contributed by atoms with Crippen molar-refractivity contribution in [1.82, 2.24) is 4.72 Å². The normalized spacial score (nSPS) is 29.5. The number of aliphatic imine (C=N–C) groups is 1. The van der Waals surface area contributed by atoms with Crippen LogP contribution in [0.4, 0.5) is 0 Å². The lowest BCUT2D eigenvalue weighted by molar-refractivity contribution is 0.813. The molecule has 0 saturated heterocycles. The van der Waals surface area contributed by atoms with Crippen LogP contribution in [0.1, 0.15) is 6.42 Å². The molecule has 3 heteroatoms. The zero-order valence-electron chi connectivity index (χ0n) is 7.16. The lowest BCUT2D eigenvalue weighted by atomic mass is 9.90. The summed E-state index contributed by atoms with van der Waals surface area (Å²) in [4.78, 5) is 4.55. The Hall–Kier alpha value is -0.960. The highest BCUT2D eigenvalue weighted by molar-refractivity contribution is 8.00. The van der Waals surface area contributed by atoms with E-state index in [4.69, 9.17) is 0 Å². The number of rotatable bonds is 0. The fourth-order valence-electron chi connectivity index (χ4n) is 1.95. The fraction of sp³-hybridized carbons (Fsp3) is 0.300. The zero-order valence-corrected chi connectivity index (χ0v) is 7.97. The summed E-state index contributed by atoms with van der Waals surface area (Å²) in [6.45, 7) is 0.988. The molecule has 0 spiro atoms. The lowest BCUT2D eigenvalue weighted by Crippen LogP contribution is -2.20. The standard InChI is InChI=1S/C10H10N2S/c1-2-9-8(4-6-13-12-9)10-7(1)3-5-11-10/h1-2,4,6-7,12H,3,5H2. The van der Waals surface area contributed by atoms with Gasteiger partial charge in [-0.1, -0.05) is 6.08 Å². The molecule has 3 aliphatic rings. The predicted octanol–water partition coefficient (Wildman–Crippen LogP) is 2.04. The molecule has 0 amide bonds. The van der Waals surface area contributed by atoms with Gasteiger partial charge in [0.25, 0.3) is 0 Å². The van der Waals surface area contributed by atoms with Gasteiger partial charge in [-0.3, -0.25) is 4.99 Å². The summed E-state index contributed by atoms with van der Waals surface area (Å²) in [6, 6.07) is 0. The van der Waals surface area contributed by atoms with E-state index in [-0.39, 0.29) is 0 Å². The number of nitrogens with one attached hydrogen (secondary N) is 1. The second-order valence-electron chi connectivity index (χ2n) is 3.37. The molecule has 2 nitrogen and oxygen atoms in total. The van der Waals surface area contributed by atoms with Gasteiger partial charge in [-0.2, -0.15) is 0 Å². The van der Waals surface area contributed by atoms with Gasteiger partial charge in [0.2, 0.25) is 0 Å². The van der Waals surface area contributed by atoms with E-state index in [1.165, 1.54) is 23.4 Å². The van der Waals surface area contributed by atoms with Crippen LogP contribution in [0.3, 0.4) is 0 Å². The van der Waals surface area contributed by atoms with E-state index in [1.54, 1.807) is 11.9 Å². The van der Waals surface area contributed by atoms with Crippen LogP contribution in [0.5, 0.6) is 0 Å². The summed E-state index contributed by atoms with van der Waals surface area (Å²) in [6.07, 6.45) is 7.79. The molecule has 66 valence electrons. The van der Waals surface area contributed by atoms with E-state index in [0.717, 1.165) is 6.54 Å². The molecule has 0 fully saturated rings. The number of hydrogen-bond donors (Lipinski definition) is 1. The van der Waals surface area contributed by atoms with Crippen LogP contribution in [-0.4, -0.2) is 12.3 Å². The average molecular weight is 190 g/mol. The highest BCUT2D eigenvalue weighted by Crippen LogP contribution is 2.30. The maximum absolute atomic E-state index is 4.55. The van der Waals surface area contributed by atoms with Gasteiger partial charge < -0.3 is 4.72 Å². The van der Waals surface area contributed by atoms with Crippen molar-refractivity contribution >= 4 is 17.7 Å². The zero-order chi connectivity index (χ0) is 8.67. The SMILES string of the molecule is C1=CC2=C(C=CC3CCN=C23)NS1. The van der Waals surface area contributed by atoms with Crippen LogP contribution in [-0.2, 0) is 0 Å². The number of hydrogen-bond acceptors (Lipinski definition) is 3. The minimum absolute atomic E-state index is 0.577. The van der Waals surface area contributed by atoms with E-state index in [1.807, 2.05) is 0 Å². The van der Waals surface area contributed by atoms with Crippen molar-refractivity contribution in [2.75, 3.05) is 6.54 Å². The summed E-state index contributed by atoms with van der Waals surface area (Å²) in [7, 11) is 0. The van der Waals surface area contributed by atoms with E-state index in [2.05, 4.69) is 33.4 Å². The molecule has 0 bridgehead atoms. The molecule has 0 aromatic carbocycles. The van der Waals surface area contributed by atoms with Crippen LogP contribution in [0, 0.1) is 5.92 Å². The minimum Gasteiger partial charge on any atom is -0.326 e. The topological polar surface area (TPSA) is 24.4 Å². The van der Waals surface area contributed by atoms with Gasteiger partial charge in [-0.25, -0.2) is 0 Å². The molecule has 0 aromatic rings. The largest absolute Gasteiger partial charge is 0.326 e. The van der Waals surface area contributed by atoms with Gasteiger partial charge in [-0.15, -0.1) is 0 Å². The molecular weight excluding hydrogens is 180 g/mol. The Morgan fingerprint density at radius 1 is 1.46 bits per heavy atom. The first-order valence-corrected chi connectivity index (χ1v) is 5.38. The van der Waals surface area contributed by atoms with Crippen LogP contribution in [0.15, 0.2) is 39.9 Å². The van der Waals surface area contributed by atoms with Crippen LogP contribution in [0.25, 0.3) is 0 Å². The maximum Gasteiger partial charge on any atom is 0.0531 e. The molecule has 0 saturated carbocycles. The molecule has 1 aliphatic carbocycles. The van der Waals surface area contributed by atoms with Gasteiger partial charge >= 0.3 is 0 Å². The Balaban J connectivity index is 2.10. The van der Waals surface area contributed by atoms with Gasteiger partial charge in [0.1, 0.15) is 0 Å². The number of allylic oxidation sites excluding steroid dienone is 4. The van der Waals surface area contributed by atoms with Crippen molar-refractivity contribution in [1.29, 1.82) is 0 Å². The first-order chi connectivity index (χ1) is 6.45. The van der Waals surface area contributed by atoms with Crippen LogP contribution < -0.4 is 4.72 Å². The molecule has 0 aromatic heterocycles. The van der Waals surface area contributed by atoms with Crippen molar-refractivity contribution in [2.24, 2.45) is 10.9 Å². The fourth-order valence-corrected chi connectivity index (χ4v) is 2.53. The quantitative estimate of drug-likeness (QED) is 0.591. The maximum atomic E-state index is 4.55. The van der Waals surface area contributed by atoms with E-state index in [9.17, 15) is 0 Å². The summed E-state index contributed by atoms with van der Waals surface area (Å²) in [5.74, 6) is 0.577. The molecule has 2 heterocycles. The van der Waals surface area contributed by atoms with E-state index < -0.39 is 0 Å². The summed E-state index contributed by atoms with van der Waals surface area (Å²) < 4.78 is 3.28. The average Bonchev–Trinajstić information content (AvgIpc) is 2.65.